The van der Waals surface area contributed by atoms with Gasteiger partial charge in [-0.05, 0) is 42.3 Å². The Morgan fingerprint density at radius 2 is 1.85 bits per heavy atom. The van der Waals surface area contributed by atoms with E-state index in [1.807, 2.05) is 17.4 Å². The Morgan fingerprint density at radius 1 is 1.05 bits per heavy atom. The maximum Gasteiger partial charge on any atom is 0.420 e. The minimum absolute atomic E-state index is 0.166. The number of carbonyl (C=O) groups is 1. The van der Waals surface area contributed by atoms with Gasteiger partial charge in [0.25, 0.3) is 0 Å². The first-order chi connectivity index (χ1) is 18.5. The van der Waals surface area contributed by atoms with E-state index in [4.69, 9.17) is 0 Å². The van der Waals surface area contributed by atoms with Crippen molar-refractivity contribution in [1.82, 2.24) is 20.3 Å². The molecular weight excluding hydrogens is 530 g/mol. The average molecular weight is 550 g/mol. The van der Waals surface area contributed by atoms with Crippen LogP contribution in [0.1, 0.15) is 22.3 Å². The number of aromatic nitrogens is 3. The molecule has 3 heterocycles. The van der Waals surface area contributed by atoms with Gasteiger partial charge < -0.3 is 20.4 Å². The lowest BCUT2D eigenvalue weighted by Crippen LogP contribution is -2.23. The first kappa shape index (κ1) is 26.3. The van der Waals surface area contributed by atoms with E-state index in [0.717, 1.165) is 49.5 Å². The van der Waals surface area contributed by atoms with Crippen molar-refractivity contribution in [3.05, 3.63) is 65.0 Å². The number of nitrogens with zero attached hydrogens (tertiary/aromatic N) is 2. The lowest BCUT2D eigenvalue weighted by molar-refractivity contribution is -0.137. The maximum atomic E-state index is 14.0. The first-order valence-electron chi connectivity index (χ1n) is 11.6. The summed E-state index contributed by atoms with van der Waals surface area (Å²) in [4.78, 5) is 21.9. The number of amides is 1. The SMILES string of the molecule is COC(=O)Nc1ccc2c(-c3nc(Nc4ccc5c(c4)CCNC5)ncc3C(F)(F)F)c[nH]c2c1C(F)(F)F. The number of alkyl halides is 6. The molecule has 0 saturated carbocycles. The van der Waals surface area contributed by atoms with Crippen LogP contribution in [-0.2, 0) is 30.1 Å². The highest BCUT2D eigenvalue weighted by Gasteiger charge is 2.39. The molecule has 5 rings (SSSR count). The predicted octanol–water partition coefficient (Wildman–Crippen LogP) is 6.23. The van der Waals surface area contributed by atoms with Crippen LogP contribution in [-0.4, -0.2) is 34.7 Å². The van der Waals surface area contributed by atoms with E-state index < -0.39 is 46.5 Å². The second kappa shape index (κ2) is 9.76. The van der Waals surface area contributed by atoms with Crippen molar-refractivity contribution < 1.29 is 35.9 Å². The molecule has 0 bridgehead atoms. The second-order valence-electron chi connectivity index (χ2n) is 8.72. The van der Waals surface area contributed by atoms with Crippen molar-refractivity contribution in [2.75, 3.05) is 24.3 Å². The number of benzene rings is 2. The molecule has 8 nitrogen and oxygen atoms in total. The number of carbonyl (C=O) groups excluding carboxylic acids is 1. The van der Waals surface area contributed by atoms with Crippen LogP contribution in [0.25, 0.3) is 22.2 Å². The molecule has 2 aromatic carbocycles. The highest BCUT2D eigenvalue weighted by molar-refractivity contribution is 6.01. The third kappa shape index (κ3) is 5.19. The van der Waals surface area contributed by atoms with Gasteiger partial charge in [-0.1, -0.05) is 12.1 Å². The van der Waals surface area contributed by atoms with E-state index in [9.17, 15) is 31.1 Å². The van der Waals surface area contributed by atoms with Gasteiger partial charge in [-0.3, -0.25) is 5.32 Å². The van der Waals surface area contributed by atoms with E-state index in [0.29, 0.717) is 18.4 Å². The number of rotatable bonds is 4. The molecule has 4 aromatic rings. The Balaban J connectivity index is 1.62. The predicted molar refractivity (Wildman–Crippen MR) is 130 cm³/mol. The van der Waals surface area contributed by atoms with E-state index in [2.05, 4.69) is 30.3 Å². The summed E-state index contributed by atoms with van der Waals surface area (Å²) in [5, 5.41) is 7.93. The molecule has 0 unspecified atom stereocenters. The summed E-state index contributed by atoms with van der Waals surface area (Å²) in [5.74, 6) is -0.166. The van der Waals surface area contributed by atoms with Crippen molar-refractivity contribution >= 4 is 34.3 Å². The Kier molecular flexibility index (Phi) is 6.58. The van der Waals surface area contributed by atoms with Crippen LogP contribution >= 0.6 is 0 Å². The van der Waals surface area contributed by atoms with Gasteiger partial charge in [-0.15, -0.1) is 0 Å². The van der Waals surface area contributed by atoms with Gasteiger partial charge in [0, 0.05) is 35.6 Å². The standard InChI is InChI=1S/C25H20F6N6O2/c1-39-23(38)36-18-5-4-15-16(10-33-21(15)19(18)25(29,30)31)20-17(24(26,27)28)11-34-22(37-20)35-14-3-2-13-9-32-7-6-12(13)8-14/h2-5,8,10-11,32-33H,6-7,9H2,1H3,(H,36,38)(H,34,35,37). The van der Waals surface area contributed by atoms with Crippen LogP contribution in [0.2, 0.25) is 0 Å². The lowest BCUT2D eigenvalue weighted by atomic mass is 10.0. The van der Waals surface area contributed by atoms with E-state index in [-0.39, 0.29) is 16.9 Å². The minimum Gasteiger partial charge on any atom is -0.453 e. The fraction of sp³-hybridized carbons (Fsp3) is 0.240. The molecule has 4 N–H and O–H groups in total. The summed E-state index contributed by atoms with van der Waals surface area (Å²) < 4.78 is 88.2. The Hall–Kier alpha value is -4.33. The number of methoxy groups -OCH3 is 1. The molecule has 0 saturated heterocycles. The molecule has 1 aliphatic rings. The fourth-order valence-electron chi connectivity index (χ4n) is 4.49. The number of halogens is 6. The smallest absolute Gasteiger partial charge is 0.420 e. The van der Waals surface area contributed by atoms with Gasteiger partial charge >= 0.3 is 18.4 Å². The van der Waals surface area contributed by atoms with Gasteiger partial charge in [0.2, 0.25) is 5.95 Å². The summed E-state index contributed by atoms with van der Waals surface area (Å²) in [5.41, 5.74) is -1.78. The number of aromatic amines is 1. The Morgan fingerprint density at radius 3 is 2.56 bits per heavy atom. The molecule has 39 heavy (non-hydrogen) atoms. The molecule has 0 spiro atoms. The number of hydrogen-bond donors (Lipinski definition) is 4. The highest BCUT2D eigenvalue weighted by Crippen LogP contribution is 2.44. The van der Waals surface area contributed by atoms with E-state index in [1.165, 1.54) is 0 Å². The largest absolute Gasteiger partial charge is 0.453 e. The molecule has 0 fully saturated rings. The summed E-state index contributed by atoms with van der Waals surface area (Å²) >= 11 is 0. The van der Waals surface area contributed by atoms with Crippen molar-refractivity contribution in [2.24, 2.45) is 0 Å². The summed E-state index contributed by atoms with van der Waals surface area (Å²) in [6.45, 7) is 1.49. The van der Waals surface area contributed by atoms with E-state index >= 15 is 0 Å². The maximum absolute atomic E-state index is 14.0. The van der Waals surface area contributed by atoms with Crippen molar-refractivity contribution in [3.8, 4) is 11.3 Å². The number of fused-ring (bicyclic) bond motifs is 2. The normalized spacial score (nSPS) is 13.7. The van der Waals surface area contributed by atoms with Gasteiger partial charge in [0.1, 0.15) is 11.1 Å². The van der Waals surface area contributed by atoms with Crippen LogP contribution in [0.3, 0.4) is 0 Å². The molecule has 204 valence electrons. The molecular formula is C25H20F6N6O2. The van der Waals surface area contributed by atoms with Crippen LogP contribution < -0.4 is 16.0 Å². The minimum atomic E-state index is -4.97. The van der Waals surface area contributed by atoms with Crippen molar-refractivity contribution in [1.29, 1.82) is 0 Å². The zero-order valence-corrected chi connectivity index (χ0v) is 20.1. The monoisotopic (exact) mass is 550 g/mol. The average Bonchev–Trinajstić information content (AvgIpc) is 3.30. The zero-order valence-electron chi connectivity index (χ0n) is 20.1. The molecule has 0 atom stereocenters. The van der Waals surface area contributed by atoms with Gasteiger partial charge in [-0.2, -0.15) is 26.3 Å². The van der Waals surface area contributed by atoms with Gasteiger partial charge in [0.15, 0.2) is 0 Å². The summed E-state index contributed by atoms with van der Waals surface area (Å²) in [6, 6.07) is 7.58. The zero-order chi connectivity index (χ0) is 27.9. The fourth-order valence-corrected chi connectivity index (χ4v) is 4.49. The molecule has 1 aliphatic heterocycles. The summed E-state index contributed by atoms with van der Waals surface area (Å²) in [6.07, 6.45) is -8.64. The Labute approximate surface area is 216 Å². The molecule has 2 aromatic heterocycles. The topological polar surface area (TPSA) is 104 Å². The van der Waals surface area contributed by atoms with Crippen molar-refractivity contribution in [2.45, 2.75) is 25.3 Å². The number of ether oxygens (including phenoxy) is 1. The quantitative estimate of drug-likeness (QED) is 0.225. The number of hydrogen-bond acceptors (Lipinski definition) is 6. The van der Waals surface area contributed by atoms with Gasteiger partial charge in [0.05, 0.1) is 24.0 Å². The molecule has 0 radical (unpaired) electrons. The third-order valence-corrected chi connectivity index (χ3v) is 6.26. The van der Waals surface area contributed by atoms with Crippen LogP contribution in [0.4, 0.5) is 48.5 Å². The van der Waals surface area contributed by atoms with Gasteiger partial charge in [-0.25, -0.2) is 14.8 Å². The van der Waals surface area contributed by atoms with Crippen molar-refractivity contribution in [3.63, 3.8) is 0 Å². The lowest BCUT2D eigenvalue weighted by Gasteiger charge is -2.18. The van der Waals surface area contributed by atoms with Crippen LogP contribution in [0.15, 0.2) is 42.7 Å². The number of anilines is 3. The highest BCUT2D eigenvalue weighted by atomic mass is 19.4. The molecule has 1 amide bonds. The van der Waals surface area contributed by atoms with E-state index in [1.54, 1.807) is 6.07 Å². The van der Waals surface area contributed by atoms with Crippen LogP contribution in [0.5, 0.6) is 0 Å². The Bertz CT molecular complexity index is 1560. The van der Waals surface area contributed by atoms with Crippen LogP contribution in [0, 0.1) is 0 Å². The molecule has 14 heteroatoms. The molecule has 0 aliphatic carbocycles. The summed E-state index contributed by atoms with van der Waals surface area (Å²) in [7, 11) is 0.981. The third-order valence-electron chi connectivity index (χ3n) is 6.26. The second-order valence-corrected chi connectivity index (χ2v) is 8.72. The number of nitrogens with one attached hydrogen (secondary N) is 4. The first-order valence-corrected chi connectivity index (χ1v) is 11.6. The number of H-pyrrole nitrogens is 1.